The molecule has 2 aliphatic rings. The van der Waals surface area contributed by atoms with Gasteiger partial charge in [-0.2, -0.15) is 0 Å². The van der Waals surface area contributed by atoms with Gasteiger partial charge in [0, 0.05) is 43.8 Å². The number of benzene rings is 8. The molecule has 0 atom stereocenters. The summed E-state index contributed by atoms with van der Waals surface area (Å²) in [5.74, 6) is 2.32. The SMILES string of the molecule is CC(C)(C)c1ccc2cc3c(cc2c1)-c1nc-3nc2[nH]c(nc3nc(nc4[nH]c(n1)c1cc5ccc(C(C)(C)C)cc5cc41)-c1cc4ccccc4cc1-3)c1cc3ccc(C(C)(C)C)cc3cc21. The van der Waals surface area contributed by atoms with E-state index < -0.39 is 0 Å². The molecule has 13 rings (SSSR count). The number of aromatic nitrogens is 8. The van der Waals surface area contributed by atoms with Gasteiger partial charge in [-0.1, -0.05) is 141 Å². The quantitative estimate of drug-likeness (QED) is 0.157. The van der Waals surface area contributed by atoms with E-state index in [2.05, 4.69) is 200 Å². The first-order valence-corrected chi connectivity index (χ1v) is 23.6. The van der Waals surface area contributed by atoms with Gasteiger partial charge in [0.05, 0.1) is 0 Å². The first-order valence-electron chi connectivity index (χ1n) is 23.6. The fourth-order valence-electron chi connectivity index (χ4n) is 10.1. The lowest BCUT2D eigenvalue weighted by molar-refractivity contribution is 0.591. The smallest absolute Gasteiger partial charge is 0.164 e. The molecule has 8 aromatic carbocycles. The van der Waals surface area contributed by atoms with Crippen molar-refractivity contribution in [2.24, 2.45) is 0 Å². The van der Waals surface area contributed by atoms with E-state index in [1.807, 2.05) is 0 Å². The number of fused-ring (bicyclic) bond motifs is 24. The monoisotopic (exact) mass is 882 g/mol. The Bertz CT molecular complexity index is 4180. The fourth-order valence-corrected chi connectivity index (χ4v) is 10.1. The van der Waals surface area contributed by atoms with Crippen LogP contribution in [0.2, 0.25) is 0 Å². The van der Waals surface area contributed by atoms with Crippen molar-refractivity contribution < 1.29 is 0 Å². The second-order valence-corrected chi connectivity index (χ2v) is 22.0. The van der Waals surface area contributed by atoms with Crippen LogP contribution < -0.4 is 0 Å². The molecule has 0 fully saturated rings. The molecule has 0 saturated heterocycles. The van der Waals surface area contributed by atoms with Crippen LogP contribution in [0.15, 0.2) is 127 Å². The van der Waals surface area contributed by atoms with E-state index in [0.29, 0.717) is 45.9 Å². The molecule has 0 spiro atoms. The second-order valence-electron chi connectivity index (χ2n) is 22.0. The van der Waals surface area contributed by atoms with E-state index in [0.717, 1.165) is 86.9 Å². The molecule has 2 aliphatic heterocycles. The van der Waals surface area contributed by atoms with Gasteiger partial charge in [0.2, 0.25) is 0 Å². The zero-order valence-electron chi connectivity index (χ0n) is 39.8. The highest BCUT2D eigenvalue weighted by molar-refractivity contribution is 6.13. The summed E-state index contributed by atoms with van der Waals surface area (Å²) in [5, 5.41) is 12.8. The van der Waals surface area contributed by atoms with Crippen molar-refractivity contribution in [3.63, 3.8) is 0 Å². The van der Waals surface area contributed by atoms with Crippen LogP contribution in [0.4, 0.5) is 0 Å². The molecular formula is C60H50N8. The Kier molecular flexibility index (Phi) is 8.24. The summed E-state index contributed by atoms with van der Waals surface area (Å²) in [5.41, 5.74) is 10.1. The van der Waals surface area contributed by atoms with Gasteiger partial charge in [0.1, 0.15) is 22.6 Å². The summed E-state index contributed by atoms with van der Waals surface area (Å²) in [7, 11) is 0. The molecule has 0 amide bonds. The van der Waals surface area contributed by atoms with Gasteiger partial charge in [-0.3, -0.25) is 0 Å². The van der Waals surface area contributed by atoms with Gasteiger partial charge < -0.3 is 9.97 Å². The van der Waals surface area contributed by atoms with Gasteiger partial charge in [0.15, 0.2) is 23.3 Å². The molecular weight excluding hydrogens is 833 g/mol. The minimum absolute atomic E-state index is 0.0153. The lowest BCUT2D eigenvalue weighted by Crippen LogP contribution is -2.10. The van der Waals surface area contributed by atoms with Crippen LogP contribution in [0.1, 0.15) is 79.0 Å². The third-order valence-corrected chi connectivity index (χ3v) is 14.2. The maximum absolute atomic E-state index is 5.47. The molecule has 5 heterocycles. The van der Waals surface area contributed by atoms with E-state index in [-0.39, 0.29) is 16.2 Å². The summed E-state index contributed by atoms with van der Waals surface area (Å²) in [4.78, 5) is 39.8. The molecule has 0 unspecified atom stereocenters. The van der Waals surface area contributed by atoms with Crippen molar-refractivity contribution >= 4 is 87.2 Å². The molecule has 8 bridgehead atoms. The number of aromatic amines is 2. The summed E-state index contributed by atoms with van der Waals surface area (Å²) in [6, 6.07) is 46.5. The number of hydrogen-bond donors (Lipinski definition) is 2. The van der Waals surface area contributed by atoms with Crippen LogP contribution in [0.3, 0.4) is 0 Å². The fraction of sp³-hybridized carbons (Fsp3) is 0.200. The van der Waals surface area contributed by atoms with Gasteiger partial charge >= 0.3 is 0 Å². The largest absolute Gasteiger partial charge is 0.324 e. The van der Waals surface area contributed by atoms with Crippen LogP contribution in [0.25, 0.3) is 133 Å². The maximum atomic E-state index is 5.47. The molecule has 0 radical (unpaired) electrons. The van der Waals surface area contributed by atoms with E-state index in [1.165, 1.54) is 16.7 Å². The van der Waals surface area contributed by atoms with Crippen molar-refractivity contribution in [3.8, 4) is 45.6 Å². The molecule has 8 heteroatoms. The molecule has 2 N–H and O–H groups in total. The van der Waals surface area contributed by atoms with Gasteiger partial charge in [0.25, 0.3) is 0 Å². The van der Waals surface area contributed by atoms with E-state index in [1.54, 1.807) is 0 Å². The molecule has 330 valence electrons. The zero-order valence-corrected chi connectivity index (χ0v) is 39.8. The lowest BCUT2D eigenvalue weighted by Gasteiger charge is -2.19. The van der Waals surface area contributed by atoms with Crippen molar-refractivity contribution in [2.75, 3.05) is 0 Å². The Morgan fingerprint density at radius 2 is 0.544 bits per heavy atom. The Balaban J connectivity index is 1.19. The van der Waals surface area contributed by atoms with Crippen LogP contribution in [-0.4, -0.2) is 39.9 Å². The maximum Gasteiger partial charge on any atom is 0.164 e. The number of nitrogens with one attached hydrogen (secondary N) is 2. The molecule has 11 aromatic rings. The molecule has 0 saturated carbocycles. The highest BCUT2D eigenvalue weighted by Gasteiger charge is 2.25. The molecule has 3 aromatic heterocycles. The third-order valence-electron chi connectivity index (χ3n) is 14.2. The summed E-state index contributed by atoms with van der Waals surface area (Å²) in [6.07, 6.45) is 0. The van der Waals surface area contributed by atoms with Gasteiger partial charge in [-0.15, -0.1) is 0 Å². The Hall–Kier alpha value is -7.84. The normalized spacial score (nSPS) is 13.1. The predicted molar refractivity (Wildman–Crippen MR) is 282 cm³/mol. The van der Waals surface area contributed by atoms with Crippen LogP contribution in [0, 0.1) is 0 Å². The minimum atomic E-state index is -0.0187. The molecule has 0 aliphatic carbocycles. The van der Waals surface area contributed by atoms with Gasteiger partial charge in [-0.05, 0) is 125 Å². The Morgan fingerprint density at radius 3 is 0.868 bits per heavy atom. The number of rotatable bonds is 0. The van der Waals surface area contributed by atoms with Crippen LogP contribution in [-0.2, 0) is 16.2 Å². The van der Waals surface area contributed by atoms with Crippen molar-refractivity contribution in [2.45, 2.75) is 78.6 Å². The first-order chi connectivity index (χ1) is 32.5. The number of H-pyrrole nitrogens is 2. The number of hydrogen-bond acceptors (Lipinski definition) is 6. The molecule has 8 nitrogen and oxygen atoms in total. The lowest BCUT2D eigenvalue weighted by atomic mass is 9.85. The second kappa shape index (κ2) is 13.9. The van der Waals surface area contributed by atoms with Crippen molar-refractivity contribution in [1.29, 1.82) is 0 Å². The van der Waals surface area contributed by atoms with Gasteiger partial charge in [-0.25, -0.2) is 29.9 Å². The summed E-state index contributed by atoms with van der Waals surface area (Å²) < 4.78 is 0. The zero-order chi connectivity index (χ0) is 46.6. The molecule has 68 heavy (non-hydrogen) atoms. The van der Waals surface area contributed by atoms with E-state index >= 15 is 0 Å². The number of nitrogens with zero attached hydrogens (tertiary/aromatic N) is 6. The third kappa shape index (κ3) is 6.41. The average molecular weight is 883 g/mol. The average Bonchev–Trinajstić information content (AvgIpc) is 4.01. The Morgan fingerprint density at radius 1 is 0.279 bits per heavy atom. The van der Waals surface area contributed by atoms with Crippen LogP contribution in [0.5, 0.6) is 0 Å². The van der Waals surface area contributed by atoms with Crippen molar-refractivity contribution in [1.82, 2.24) is 39.9 Å². The highest BCUT2D eigenvalue weighted by atomic mass is 15.1. The minimum Gasteiger partial charge on any atom is -0.324 e. The van der Waals surface area contributed by atoms with Crippen LogP contribution >= 0.6 is 0 Å². The standard InChI is InChI=1S/C60H50N8/c1-58(2,3)39-17-14-33-25-44-47(28-36(33)20-39)56-64-52(44)62-50-42-23-31-12-10-11-13-32(31)24-43(42)51(61-50)63-55-48-29-37-21-40(59(4,5)6)18-15-34(37)26-45(48)53(65-55)67-57-49-30-38-22-41(60(7,8)9)19-16-35(38)27-46(49)54(66-56)68-57/h10-30H,1-9H3,(H2,61,62,63,64,65,66,67,68). The van der Waals surface area contributed by atoms with Crippen molar-refractivity contribution in [3.05, 3.63) is 144 Å². The first kappa shape index (κ1) is 40.4. The summed E-state index contributed by atoms with van der Waals surface area (Å²) in [6.45, 7) is 20.3. The summed E-state index contributed by atoms with van der Waals surface area (Å²) >= 11 is 0. The van der Waals surface area contributed by atoms with E-state index in [9.17, 15) is 0 Å². The van der Waals surface area contributed by atoms with E-state index in [4.69, 9.17) is 29.9 Å². The predicted octanol–water partition coefficient (Wildman–Crippen LogP) is 15.4. The topological polar surface area (TPSA) is 109 Å². The highest BCUT2D eigenvalue weighted by Crippen LogP contribution is 2.42. The Labute approximate surface area is 393 Å².